The number of rotatable bonds is 4. The van der Waals surface area contributed by atoms with Crippen LogP contribution in [0.2, 0.25) is 0 Å². The summed E-state index contributed by atoms with van der Waals surface area (Å²) in [6.07, 6.45) is 3.86. The standard InChI is InChI=1S/C26H41N3O4/c1-19(2)11-13-28-17-23-22(26(31)29-15-20(3)33-21(4)16-29)9-8-10-24(23)32-14-7-5-6-12-27-25(30)18-28/h8-10,19-21H,5-7,11-18H2,1-4H3,(H,27,30). The molecule has 0 bridgehead atoms. The molecular formula is C26H41N3O4. The van der Waals surface area contributed by atoms with E-state index in [1.165, 1.54) is 0 Å². The van der Waals surface area contributed by atoms with E-state index >= 15 is 0 Å². The fourth-order valence-corrected chi connectivity index (χ4v) is 4.53. The van der Waals surface area contributed by atoms with Gasteiger partial charge >= 0.3 is 0 Å². The van der Waals surface area contributed by atoms with Gasteiger partial charge in [0.15, 0.2) is 0 Å². The van der Waals surface area contributed by atoms with Crippen LogP contribution in [-0.2, 0) is 16.1 Å². The quantitative estimate of drug-likeness (QED) is 0.747. The van der Waals surface area contributed by atoms with Crippen molar-refractivity contribution in [2.24, 2.45) is 5.92 Å². The van der Waals surface area contributed by atoms with Crippen LogP contribution in [0.1, 0.15) is 69.3 Å². The second-order valence-corrected chi connectivity index (χ2v) is 9.90. The Balaban J connectivity index is 1.92. The number of nitrogens with one attached hydrogen (secondary N) is 1. The summed E-state index contributed by atoms with van der Waals surface area (Å²) in [6, 6.07) is 5.76. The number of amides is 2. The molecule has 0 aromatic heterocycles. The number of carbonyl (C=O) groups excluding carboxylic acids is 2. The van der Waals surface area contributed by atoms with Crippen molar-refractivity contribution in [2.75, 3.05) is 39.3 Å². The van der Waals surface area contributed by atoms with Crippen LogP contribution in [0.5, 0.6) is 5.75 Å². The molecule has 1 fully saturated rings. The van der Waals surface area contributed by atoms with E-state index in [1.807, 2.05) is 36.9 Å². The minimum atomic E-state index is 0.00780. The van der Waals surface area contributed by atoms with Crippen LogP contribution in [0.15, 0.2) is 18.2 Å². The molecule has 184 valence electrons. The topological polar surface area (TPSA) is 71.1 Å². The number of fused-ring (bicyclic) bond motifs is 1. The first kappa shape index (κ1) is 25.5. The lowest BCUT2D eigenvalue weighted by Crippen LogP contribution is -2.48. The smallest absolute Gasteiger partial charge is 0.254 e. The SMILES string of the molecule is CC(C)CCN1CC(=O)NCCCCCOc2cccc(C(=O)N3CC(C)OC(C)C3)c2C1. The normalized spacial score (nSPS) is 23.5. The molecule has 1 saturated heterocycles. The fraction of sp³-hybridized carbons (Fsp3) is 0.692. The number of hydrogen-bond acceptors (Lipinski definition) is 5. The van der Waals surface area contributed by atoms with Crippen LogP contribution < -0.4 is 10.1 Å². The van der Waals surface area contributed by atoms with Crippen molar-refractivity contribution in [1.29, 1.82) is 0 Å². The van der Waals surface area contributed by atoms with E-state index in [2.05, 4.69) is 24.1 Å². The molecule has 1 N–H and O–H groups in total. The van der Waals surface area contributed by atoms with Gasteiger partial charge in [0.1, 0.15) is 5.75 Å². The lowest BCUT2D eigenvalue weighted by molar-refractivity contribution is -0.122. The Bertz CT molecular complexity index is 788. The summed E-state index contributed by atoms with van der Waals surface area (Å²) in [4.78, 5) is 30.3. The molecule has 1 aromatic rings. The number of hydrogen-bond donors (Lipinski definition) is 1. The van der Waals surface area contributed by atoms with Gasteiger partial charge in [0.2, 0.25) is 5.91 Å². The highest BCUT2D eigenvalue weighted by molar-refractivity contribution is 5.96. The van der Waals surface area contributed by atoms with Crippen molar-refractivity contribution in [1.82, 2.24) is 15.1 Å². The number of ether oxygens (including phenoxy) is 2. The van der Waals surface area contributed by atoms with E-state index in [0.29, 0.717) is 50.8 Å². The van der Waals surface area contributed by atoms with Gasteiger partial charge in [0.25, 0.3) is 5.91 Å². The molecule has 1 aromatic carbocycles. The lowest BCUT2D eigenvalue weighted by atomic mass is 10.0. The molecule has 2 aliphatic rings. The van der Waals surface area contributed by atoms with Crippen LogP contribution in [0.4, 0.5) is 0 Å². The molecule has 2 heterocycles. The van der Waals surface area contributed by atoms with Crippen LogP contribution >= 0.6 is 0 Å². The Labute approximate surface area is 198 Å². The molecule has 2 atom stereocenters. The Kier molecular flexibility index (Phi) is 9.56. The Hall–Kier alpha value is -2.12. The molecule has 2 amide bonds. The third-order valence-electron chi connectivity index (χ3n) is 6.24. The van der Waals surface area contributed by atoms with Crippen molar-refractivity contribution in [3.8, 4) is 5.75 Å². The summed E-state index contributed by atoms with van der Waals surface area (Å²) >= 11 is 0. The number of benzene rings is 1. The first-order valence-electron chi connectivity index (χ1n) is 12.5. The highest BCUT2D eigenvalue weighted by Crippen LogP contribution is 2.27. The Morgan fingerprint density at radius 1 is 1.12 bits per heavy atom. The van der Waals surface area contributed by atoms with E-state index in [-0.39, 0.29) is 24.0 Å². The van der Waals surface area contributed by atoms with Gasteiger partial charge in [-0.3, -0.25) is 14.5 Å². The first-order chi connectivity index (χ1) is 15.8. The van der Waals surface area contributed by atoms with Crippen molar-refractivity contribution >= 4 is 11.8 Å². The summed E-state index contributed by atoms with van der Waals surface area (Å²) in [5.74, 6) is 1.33. The second-order valence-electron chi connectivity index (χ2n) is 9.90. The molecule has 0 aliphatic carbocycles. The van der Waals surface area contributed by atoms with Crippen molar-refractivity contribution < 1.29 is 19.1 Å². The third-order valence-corrected chi connectivity index (χ3v) is 6.24. The molecular weight excluding hydrogens is 418 g/mol. The summed E-state index contributed by atoms with van der Waals surface area (Å²) in [7, 11) is 0. The highest BCUT2D eigenvalue weighted by atomic mass is 16.5. The summed E-state index contributed by atoms with van der Waals surface area (Å²) < 4.78 is 12.0. The van der Waals surface area contributed by atoms with E-state index in [9.17, 15) is 9.59 Å². The van der Waals surface area contributed by atoms with Crippen LogP contribution in [0.25, 0.3) is 0 Å². The molecule has 7 nitrogen and oxygen atoms in total. The van der Waals surface area contributed by atoms with Crippen LogP contribution in [0, 0.1) is 5.92 Å². The van der Waals surface area contributed by atoms with Crippen molar-refractivity contribution in [3.63, 3.8) is 0 Å². The average molecular weight is 460 g/mol. The van der Waals surface area contributed by atoms with Crippen molar-refractivity contribution in [3.05, 3.63) is 29.3 Å². The molecule has 0 spiro atoms. The zero-order valence-electron chi connectivity index (χ0n) is 20.8. The van der Waals surface area contributed by atoms with Gasteiger partial charge < -0.3 is 19.7 Å². The van der Waals surface area contributed by atoms with Gasteiger partial charge in [-0.1, -0.05) is 19.9 Å². The maximum atomic E-state index is 13.6. The van der Waals surface area contributed by atoms with Gasteiger partial charge in [-0.2, -0.15) is 0 Å². The summed E-state index contributed by atoms with van der Waals surface area (Å²) in [5.41, 5.74) is 1.55. The van der Waals surface area contributed by atoms with Gasteiger partial charge in [-0.05, 0) is 64.1 Å². The Morgan fingerprint density at radius 2 is 1.88 bits per heavy atom. The predicted octanol–water partition coefficient (Wildman–Crippen LogP) is 3.46. The molecule has 7 heteroatoms. The predicted molar refractivity (Wildman–Crippen MR) is 129 cm³/mol. The lowest BCUT2D eigenvalue weighted by Gasteiger charge is -2.36. The van der Waals surface area contributed by atoms with E-state index in [1.54, 1.807) is 0 Å². The molecule has 0 saturated carbocycles. The highest BCUT2D eigenvalue weighted by Gasteiger charge is 2.29. The monoisotopic (exact) mass is 459 g/mol. The second kappa shape index (κ2) is 12.4. The number of morpholine rings is 1. The summed E-state index contributed by atoms with van der Waals surface area (Å²) in [5, 5.41) is 3.05. The first-order valence-corrected chi connectivity index (χ1v) is 12.5. The molecule has 3 rings (SSSR count). The molecule has 2 unspecified atom stereocenters. The third kappa shape index (κ3) is 7.71. The molecule has 2 aliphatic heterocycles. The van der Waals surface area contributed by atoms with E-state index < -0.39 is 0 Å². The minimum absolute atomic E-state index is 0.00780. The maximum absolute atomic E-state index is 13.6. The van der Waals surface area contributed by atoms with Crippen LogP contribution in [0.3, 0.4) is 0 Å². The van der Waals surface area contributed by atoms with E-state index in [0.717, 1.165) is 43.5 Å². The van der Waals surface area contributed by atoms with Gasteiger partial charge in [0, 0.05) is 37.3 Å². The van der Waals surface area contributed by atoms with Gasteiger partial charge in [0.05, 0.1) is 25.4 Å². The zero-order chi connectivity index (χ0) is 23.8. The summed E-state index contributed by atoms with van der Waals surface area (Å²) in [6.45, 7) is 12.5. The fourth-order valence-electron chi connectivity index (χ4n) is 4.53. The maximum Gasteiger partial charge on any atom is 0.254 e. The van der Waals surface area contributed by atoms with E-state index in [4.69, 9.17) is 9.47 Å². The number of nitrogens with zero attached hydrogens (tertiary/aromatic N) is 2. The minimum Gasteiger partial charge on any atom is -0.493 e. The molecule has 33 heavy (non-hydrogen) atoms. The zero-order valence-corrected chi connectivity index (χ0v) is 20.8. The Morgan fingerprint density at radius 3 is 2.61 bits per heavy atom. The largest absolute Gasteiger partial charge is 0.493 e. The average Bonchev–Trinajstić information content (AvgIpc) is 2.77. The van der Waals surface area contributed by atoms with Crippen LogP contribution in [-0.4, -0.2) is 73.2 Å². The van der Waals surface area contributed by atoms with Gasteiger partial charge in [-0.15, -0.1) is 0 Å². The molecule has 0 radical (unpaired) electrons. The van der Waals surface area contributed by atoms with Crippen molar-refractivity contribution in [2.45, 2.75) is 72.1 Å². The number of carbonyl (C=O) groups is 2. The van der Waals surface area contributed by atoms with Gasteiger partial charge in [-0.25, -0.2) is 0 Å².